The SMILES string of the molecule is CC1CCC(N(C)CC2CCCCC2CN)CC1. The van der Waals surface area contributed by atoms with Gasteiger partial charge in [0.2, 0.25) is 0 Å². The molecule has 2 saturated carbocycles. The maximum absolute atomic E-state index is 5.95. The van der Waals surface area contributed by atoms with E-state index < -0.39 is 0 Å². The fourth-order valence-corrected chi connectivity index (χ4v) is 4.04. The van der Waals surface area contributed by atoms with Crippen LogP contribution in [0, 0.1) is 17.8 Å². The highest BCUT2D eigenvalue weighted by molar-refractivity contribution is 4.82. The fraction of sp³-hybridized carbons (Fsp3) is 1.00. The molecule has 2 aliphatic carbocycles. The molecular weight excluding hydrogens is 220 g/mol. The van der Waals surface area contributed by atoms with Gasteiger partial charge in [-0.15, -0.1) is 0 Å². The highest BCUT2D eigenvalue weighted by atomic mass is 15.1. The third-order valence-corrected chi connectivity index (χ3v) is 5.50. The summed E-state index contributed by atoms with van der Waals surface area (Å²) in [6, 6.07) is 0.849. The predicted octanol–water partition coefficient (Wildman–Crippen LogP) is 3.26. The van der Waals surface area contributed by atoms with E-state index in [2.05, 4.69) is 18.9 Å². The molecule has 2 aliphatic rings. The molecule has 106 valence electrons. The Morgan fingerprint density at radius 3 is 2.17 bits per heavy atom. The Balaban J connectivity index is 1.80. The van der Waals surface area contributed by atoms with Gasteiger partial charge in [0.05, 0.1) is 0 Å². The molecule has 0 aromatic heterocycles. The van der Waals surface area contributed by atoms with Crippen molar-refractivity contribution in [2.45, 2.75) is 64.3 Å². The van der Waals surface area contributed by atoms with Crippen molar-refractivity contribution < 1.29 is 0 Å². The van der Waals surface area contributed by atoms with Crippen LogP contribution in [0.3, 0.4) is 0 Å². The maximum atomic E-state index is 5.95. The van der Waals surface area contributed by atoms with Gasteiger partial charge < -0.3 is 10.6 Å². The van der Waals surface area contributed by atoms with Crippen LogP contribution in [0.5, 0.6) is 0 Å². The van der Waals surface area contributed by atoms with Crippen molar-refractivity contribution in [2.24, 2.45) is 23.5 Å². The van der Waals surface area contributed by atoms with Crippen molar-refractivity contribution in [1.29, 1.82) is 0 Å². The summed E-state index contributed by atoms with van der Waals surface area (Å²) in [6.07, 6.45) is 11.3. The number of nitrogens with zero attached hydrogens (tertiary/aromatic N) is 1. The molecule has 2 atom stereocenters. The average Bonchev–Trinajstić information content (AvgIpc) is 2.40. The van der Waals surface area contributed by atoms with Gasteiger partial charge in [0.1, 0.15) is 0 Å². The van der Waals surface area contributed by atoms with Gasteiger partial charge >= 0.3 is 0 Å². The Hall–Kier alpha value is -0.0800. The second-order valence-electron chi connectivity index (χ2n) is 6.89. The quantitative estimate of drug-likeness (QED) is 0.832. The molecule has 2 N–H and O–H groups in total. The molecular formula is C16H32N2. The Labute approximate surface area is 113 Å². The van der Waals surface area contributed by atoms with Crippen molar-refractivity contribution in [2.75, 3.05) is 20.1 Å². The zero-order valence-electron chi connectivity index (χ0n) is 12.4. The minimum absolute atomic E-state index is 0.795. The molecule has 2 unspecified atom stereocenters. The number of hydrogen-bond acceptors (Lipinski definition) is 2. The minimum atomic E-state index is 0.795. The monoisotopic (exact) mass is 252 g/mol. The Morgan fingerprint density at radius 1 is 0.944 bits per heavy atom. The molecule has 2 heteroatoms. The van der Waals surface area contributed by atoms with Gasteiger partial charge in [0.15, 0.2) is 0 Å². The second-order valence-corrected chi connectivity index (χ2v) is 6.89. The topological polar surface area (TPSA) is 29.3 Å². The summed E-state index contributed by atoms with van der Waals surface area (Å²) in [5.41, 5.74) is 5.95. The van der Waals surface area contributed by atoms with Crippen LogP contribution in [0.25, 0.3) is 0 Å². The lowest BCUT2D eigenvalue weighted by Gasteiger charge is -2.39. The Kier molecular flexibility index (Phi) is 5.50. The van der Waals surface area contributed by atoms with E-state index in [1.807, 2.05) is 0 Å². The summed E-state index contributed by atoms with van der Waals surface area (Å²) in [5.74, 6) is 2.62. The van der Waals surface area contributed by atoms with Crippen LogP contribution in [0.15, 0.2) is 0 Å². The molecule has 18 heavy (non-hydrogen) atoms. The Bertz CT molecular complexity index is 233. The second kappa shape index (κ2) is 6.91. The minimum Gasteiger partial charge on any atom is -0.330 e. The summed E-state index contributed by atoms with van der Waals surface area (Å²) in [4.78, 5) is 2.66. The molecule has 0 aliphatic heterocycles. The third kappa shape index (κ3) is 3.71. The first kappa shape index (κ1) is 14.3. The third-order valence-electron chi connectivity index (χ3n) is 5.50. The standard InChI is InChI=1S/C16H32N2/c1-13-7-9-16(10-8-13)18(2)12-15-6-4-3-5-14(15)11-17/h13-16H,3-12,17H2,1-2H3. The predicted molar refractivity (Wildman–Crippen MR) is 78.6 cm³/mol. The van der Waals surface area contributed by atoms with Gasteiger partial charge in [0, 0.05) is 12.6 Å². The summed E-state index contributed by atoms with van der Waals surface area (Å²) in [6.45, 7) is 4.60. The largest absolute Gasteiger partial charge is 0.330 e. The van der Waals surface area contributed by atoms with E-state index in [1.54, 1.807) is 0 Å². The van der Waals surface area contributed by atoms with E-state index in [9.17, 15) is 0 Å². The number of hydrogen-bond donors (Lipinski definition) is 1. The summed E-state index contributed by atoms with van der Waals surface area (Å²) >= 11 is 0. The molecule has 0 aromatic carbocycles. The van der Waals surface area contributed by atoms with Crippen molar-refractivity contribution in [3.8, 4) is 0 Å². The normalized spacial score (nSPS) is 38.0. The average molecular weight is 252 g/mol. The highest BCUT2D eigenvalue weighted by Gasteiger charge is 2.28. The maximum Gasteiger partial charge on any atom is 0.00925 e. The molecule has 2 rings (SSSR count). The van der Waals surface area contributed by atoms with Crippen molar-refractivity contribution in [3.63, 3.8) is 0 Å². The Morgan fingerprint density at radius 2 is 1.56 bits per heavy atom. The van der Waals surface area contributed by atoms with Gasteiger partial charge in [-0.1, -0.05) is 19.8 Å². The summed E-state index contributed by atoms with van der Waals surface area (Å²) < 4.78 is 0. The molecule has 0 amide bonds. The number of rotatable bonds is 4. The smallest absolute Gasteiger partial charge is 0.00925 e. The molecule has 0 heterocycles. The fourth-order valence-electron chi connectivity index (χ4n) is 4.04. The lowest BCUT2D eigenvalue weighted by atomic mass is 9.78. The molecule has 2 fully saturated rings. The van der Waals surface area contributed by atoms with Crippen LogP contribution in [0.2, 0.25) is 0 Å². The van der Waals surface area contributed by atoms with Crippen LogP contribution in [0.1, 0.15) is 58.3 Å². The van der Waals surface area contributed by atoms with E-state index in [4.69, 9.17) is 5.73 Å². The van der Waals surface area contributed by atoms with Crippen LogP contribution < -0.4 is 5.73 Å². The first-order chi connectivity index (χ1) is 8.70. The zero-order valence-corrected chi connectivity index (χ0v) is 12.4. The van der Waals surface area contributed by atoms with E-state index in [0.717, 1.165) is 30.3 Å². The molecule has 0 spiro atoms. The van der Waals surface area contributed by atoms with Crippen LogP contribution in [0.4, 0.5) is 0 Å². The molecule has 0 radical (unpaired) electrons. The van der Waals surface area contributed by atoms with Gasteiger partial charge in [0.25, 0.3) is 0 Å². The molecule has 0 saturated heterocycles. The van der Waals surface area contributed by atoms with Gasteiger partial charge in [-0.3, -0.25) is 0 Å². The van der Waals surface area contributed by atoms with E-state index >= 15 is 0 Å². The lowest BCUT2D eigenvalue weighted by molar-refractivity contribution is 0.113. The van der Waals surface area contributed by atoms with Crippen LogP contribution in [-0.4, -0.2) is 31.1 Å². The van der Waals surface area contributed by atoms with Crippen molar-refractivity contribution in [1.82, 2.24) is 4.90 Å². The number of nitrogens with two attached hydrogens (primary N) is 1. The first-order valence-corrected chi connectivity index (χ1v) is 8.11. The molecule has 0 bridgehead atoms. The zero-order chi connectivity index (χ0) is 13.0. The summed E-state index contributed by atoms with van der Waals surface area (Å²) in [7, 11) is 2.35. The van der Waals surface area contributed by atoms with E-state index in [1.165, 1.54) is 57.9 Å². The van der Waals surface area contributed by atoms with Crippen molar-refractivity contribution in [3.05, 3.63) is 0 Å². The molecule has 2 nitrogen and oxygen atoms in total. The van der Waals surface area contributed by atoms with E-state index in [0.29, 0.717) is 0 Å². The van der Waals surface area contributed by atoms with Crippen molar-refractivity contribution >= 4 is 0 Å². The lowest BCUT2D eigenvalue weighted by Crippen LogP contribution is -2.41. The van der Waals surface area contributed by atoms with Gasteiger partial charge in [-0.05, 0) is 69.9 Å². The van der Waals surface area contributed by atoms with Gasteiger partial charge in [-0.25, -0.2) is 0 Å². The summed E-state index contributed by atoms with van der Waals surface area (Å²) in [5, 5.41) is 0. The molecule has 0 aromatic rings. The van der Waals surface area contributed by atoms with Crippen LogP contribution in [-0.2, 0) is 0 Å². The highest BCUT2D eigenvalue weighted by Crippen LogP contribution is 2.32. The first-order valence-electron chi connectivity index (χ1n) is 8.11. The van der Waals surface area contributed by atoms with Crippen LogP contribution >= 0.6 is 0 Å². The van der Waals surface area contributed by atoms with E-state index in [-0.39, 0.29) is 0 Å². The van der Waals surface area contributed by atoms with Gasteiger partial charge in [-0.2, -0.15) is 0 Å².